The van der Waals surface area contributed by atoms with Crippen molar-refractivity contribution in [1.29, 1.82) is 0 Å². The zero-order valence-corrected chi connectivity index (χ0v) is 22.9. The topological polar surface area (TPSA) is 103 Å². The minimum Gasteiger partial charge on any atom is -0.496 e. The van der Waals surface area contributed by atoms with Crippen LogP contribution in [-0.4, -0.2) is 61.1 Å². The van der Waals surface area contributed by atoms with E-state index in [2.05, 4.69) is 15.3 Å². The van der Waals surface area contributed by atoms with E-state index in [1.54, 1.807) is 32.8 Å². The van der Waals surface area contributed by atoms with Gasteiger partial charge in [0.2, 0.25) is 0 Å². The van der Waals surface area contributed by atoms with Crippen LogP contribution >= 0.6 is 11.3 Å². The number of piperidine rings is 1. The molecule has 1 fully saturated rings. The monoisotopic (exact) mass is 546 g/mol. The van der Waals surface area contributed by atoms with E-state index < -0.39 is 0 Å². The van der Waals surface area contributed by atoms with Crippen molar-refractivity contribution < 1.29 is 23.8 Å². The number of thiazole rings is 1. The van der Waals surface area contributed by atoms with Crippen LogP contribution in [-0.2, 0) is 6.54 Å². The number of carbonyl (C=O) groups is 2. The molecular formula is C29H30N4O5S. The van der Waals surface area contributed by atoms with Gasteiger partial charge >= 0.3 is 0 Å². The Kier molecular flexibility index (Phi) is 7.92. The molecule has 1 N–H and O–H groups in total. The second-order valence-corrected chi connectivity index (χ2v) is 10.1. The molecule has 202 valence electrons. The van der Waals surface area contributed by atoms with Crippen LogP contribution in [0.3, 0.4) is 0 Å². The lowest BCUT2D eigenvalue weighted by molar-refractivity contribution is 0.0707. The first-order valence-electron chi connectivity index (χ1n) is 12.7. The number of rotatable bonds is 8. The Morgan fingerprint density at radius 1 is 0.923 bits per heavy atom. The van der Waals surface area contributed by atoms with E-state index in [1.165, 1.54) is 11.3 Å². The fraction of sp³-hybridized carbons (Fsp3) is 0.310. The van der Waals surface area contributed by atoms with E-state index in [1.807, 2.05) is 47.4 Å². The SMILES string of the molecule is COc1ccc(CNC(=O)c2csc(C3CCN(C(=O)c4cc(OC)c5ccccc5n4)CC3)n2)cc1OC. The number of aromatic nitrogens is 2. The number of methoxy groups -OCH3 is 3. The van der Waals surface area contributed by atoms with Crippen molar-refractivity contribution in [3.63, 3.8) is 0 Å². The molecule has 10 heteroatoms. The molecule has 0 unspecified atom stereocenters. The van der Waals surface area contributed by atoms with Gasteiger partial charge in [0.05, 0.1) is 31.9 Å². The molecule has 0 aliphatic carbocycles. The summed E-state index contributed by atoms with van der Waals surface area (Å²) in [5, 5.41) is 6.51. The van der Waals surface area contributed by atoms with Crippen LogP contribution in [0, 0.1) is 0 Å². The van der Waals surface area contributed by atoms with Gasteiger partial charge in [0.15, 0.2) is 11.5 Å². The fourth-order valence-electron chi connectivity index (χ4n) is 4.76. The smallest absolute Gasteiger partial charge is 0.272 e. The number of nitrogens with one attached hydrogen (secondary N) is 1. The predicted molar refractivity (Wildman–Crippen MR) is 149 cm³/mol. The summed E-state index contributed by atoms with van der Waals surface area (Å²) in [5.41, 5.74) is 2.41. The van der Waals surface area contributed by atoms with Gasteiger partial charge in [-0.15, -0.1) is 11.3 Å². The largest absolute Gasteiger partial charge is 0.496 e. The Bertz CT molecular complexity index is 1500. The maximum Gasteiger partial charge on any atom is 0.272 e. The molecule has 2 amide bonds. The van der Waals surface area contributed by atoms with Crippen LogP contribution in [0.2, 0.25) is 0 Å². The molecular weight excluding hydrogens is 516 g/mol. The van der Waals surface area contributed by atoms with Crippen molar-refractivity contribution >= 4 is 34.1 Å². The summed E-state index contributed by atoms with van der Waals surface area (Å²) in [6.07, 6.45) is 1.55. The molecule has 1 aliphatic rings. The highest BCUT2D eigenvalue weighted by Gasteiger charge is 2.28. The summed E-state index contributed by atoms with van der Waals surface area (Å²) in [6, 6.07) is 14.9. The first kappa shape index (κ1) is 26.4. The number of amides is 2. The molecule has 2 aromatic heterocycles. The number of carbonyl (C=O) groups excluding carboxylic acids is 2. The number of hydrogen-bond acceptors (Lipinski definition) is 8. The zero-order valence-electron chi connectivity index (χ0n) is 22.1. The standard InChI is InChI=1S/C29H30N4O5S/c1-36-24-9-8-18(14-26(24)38-3)16-30-27(34)23-17-39-28(32-23)19-10-12-33(13-11-19)29(35)22-15-25(37-2)20-6-4-5-7-21(20)31-22/h4-9,14-15,17,19H,10-13,16H2,1-3H3,(H,30,34). The molecule has 2 aromatic carbocycles. The third-order valence-electron chi connectivity index (χ3n) is 6.90. The number of fused-ring (bicyclic) bond motifs is 1. The van der Waals surface area contributed by atoms with Gasteiger partial charge in [-0.05, 0) is 42.7 Å². The molecule has 0 saturated carbocycles. The Labute approximate surface area is 230 Å². The van der Waals surface area contributed by atoms with Gasteiger partial charge in [-0.25, -0.2) is 9.97 Å². The van der Waals surface area contributed by atoms with E-state index in [0.29, 0.717) is 48.3 Å². The van der Waals surface area contributed by atoms with Gasteiger partial charge < -0.3 is 24.4 Å². The second-order valence-electron chi connectivity index (χ2n) is 9.24. The normalized spacial score (nSPS) is 13.8. The van der Waals surface area contributed by atoms with Crippen molar-refractivity contribution in [2.75, 3.05) is 34.4 Å². The Morgan fingerprint density at radius 2 is 1.67 bits per heavy atom. The van der Waals surface area contributed by atoms with Crippen LogP contribution in [0.5, 0.6) is 17.2 Å². The van der Waals surface area contributed by atoms with Gasteiger partial charge in [0.1, 0.15) is 17.1 Å². The van der Waals surface area contributed by atoms with Crippen LogP contribution in [0.4, 0.5) is 0 Å². The van der Waals surface area contributed by atoms with Gasteiger partial charge in [0, 0.05) is 42.4 Å². The highest BCUT2D eigenvalue weighted by molar-refractivity contribution is 7.09. The molecule has 1 saturated heterocycles. The molecule has 3 heterocycles. The Morgan fingerprint density at radius 3 is 2.41 bits per heavy atom. The summed E-state index contributed by atoms with van der Waals surface area (Å²) in [7, 11) is 4.76. The van der Waals surface area contributed by atoms with Gasteiger partial charge in [-0.1, -0.05) is 18.2 Å². The molecule has 39 heavy (non-hydrogen) atoms. The number of ether oxygens (including phenoxy) is 3. The average molecular weight is 547 g/mol. The molecule has 0 bridgehead atoms. The van der Waals surface area contributed by atoms with Crippen molar-refractivity contribution in [2.45, 2.75) is 25.3 Å². The maximum atomic E-state index is 13.2. The average Bonchev–Trinajstić information content (AvgIpc) is 3.49. The van der Waals surface area contributed by atoms with Crippen molar-refractivity contribution in [3.05, 3.63) is 75.9 Å². The molecule has 9 nitrogen and oxygen atoms in total. The highest BCUT2D eigenvalue weighted by Crippen LogP contribution is 2.32. The van der Waals surface area contributed by atoms with Gasteiger partial charge in [-0.3, -0.25) is 9.59 Å². The minimum absolute atomic E-state index is 0.105. The van der Waals surface area contributed by atoms with E-state index in [0.717, 1.165) is 34.3 Å². The summed E-state index contributed by atoms with van der Waals surface area (Å²) in [6.45, 7) is 1.54. The van der Waals surface area contributed by atoms with E-state index in [-0.39, 0.29) is 17.7 Å². The number of likely N-dealkylation sites (tertiary alicyclic amines) is 1. The maximum absolute atomic E-state index is 13.2. The van der Waals surface area contributed by atoms with E-state index in [4.69, 9.17) is 14.2 Å². The van der Waals surface area contributed by atoms with Crippen LogP contribution in [0.15, 0.2) is 53.9 Å². The Balaban J connectivity index is 1.18. The molecule has 5 rings (SSSR count). The third-order valence-corrected chi connectivity index (χ3v) is 7.91. The Hall–Kier alpha value is -4.18. The van der Waals surface area contributed by atoms with Crippen LogP contribution < -0.4 is 19.5 Å². The zero-order chi connectivity index (χ0) is 27.4. The number of pyridine rings is 1. The first-order chi connectivity index (χ1) is 19.0. The van der Waals surface area contributed by atoms with Crippen LogP contribution in [0.25, 0.3) is 10.9 Å². The minimum atomic E-state index is -0.226. The van der Waals surface area contributed by atoms with E-state index in [9.17, 15) is 9.59 Å². The number of para-hydroxylation sites is 1. The molecule has 1 aliphatic heterocycles. The molecule has 0 radical (unpaired) electrons. The fourth-order valence-corrected chi connectivity index (χ4v) is 5.73. The quantitative estimate of drug-likeness (QED) is 0.343. The highest BCUT2D eigenvalue weighted by atomic mass is 32.1. The van der Waals surface area contributed by atoms with Gasteiger partial charge in [0.25, 0.3) is 11.8 Å². The van der Waals surface area contributed by atoms with Gasteiger partial charge in [-0.2, -0.15) is 0 Å². The lowest BCUT2D eigenvalue weighted by Crippen LogP contribution is -2.38. The van der Waals surface area contributed by atoms with Crippen molar-refractivity contribution in [1.82, 2.24) is 20.2 Å². The summed E-state index contributed by atoms with van der Waals surface area (Å²) in [5.74, 6) is 1.76. The summed E-state index contributed by atoms with van der Waals surface area (Å²) >= 11 is 1.49. The van der Waals surface area contributed by atoms with Crippen molar-refractivity contribution in [3.8, 4) is 17.2 Å². The summed E-state index contributed by atoms with van der Waals surface area (Å²) in [4.78, 5) is 37.0. The lowest BCUT2D eigenvalue weighted by Gasteiger charge is -2.31. The molecule has 4 aromatic rings. The third kappa shape index (κ3) is 5.65. The molecule has 0 spiro atoms. The molecule has 0 atom stereocenters. The van der Waals surface area contributed by atoms with E-state index >= 15 is 0 Å². The first-order valence-corrected chi connectivity index (χ1v) is 13.6. The second kappa shape index (κ2) is 11.7. The number of nitrogens with zero attached hydrogens (tertiary/aromatic N) is 3. The van der Waals surface area contributed by atoms with Crippen molar-refractivity contribution in [2.24, 2.45) is 0 Å². The predicted octanol–water partition coefficient (Wildman–Crippen LogP) is 4.67. The number of benzene rings is 2. The van der Waals surface area contributed by atoms with Crippen LogP contribution in [0.1, 0.15) is 50.3 Å². The lowest BCUT2D eigenvalue weighted by atomic mass is 9.97. The summed E-state index contributed by atoms with van der Waals surface area (Å²) < 4.78 is 16.1. The number of hydrogen-bond donors (Lipinski definition) is 1.